The van der Waals surface area contributed by atoms with Gasteiger partial charge in [-0.15, -0.1) is 0 Å². The molecule has 4 rings (SSSR count). The SMILES string of the molecule is COC(=O)C1=C(C)Nc2c(c(=O)n(C)c(=O)n2C)C1c1ccc2ncccc2c1. The number of ether oxygens (including phenoxy) is 1. The predicted octanol–water partition coefficient (Wildman–Crippen LogP) is 1.64. The van der Waals surface area contributed by atoms with Crippen LogP contribution >= 0.6 is 0 Å². The highest BCUT2D eigenvalue weighted by molar-refractivity contribution is 5.94. The number of hydrogen-bond donors (Lipinski definition) is 1. The first-order valence-electron chi connectivity index (χ1n) is 9.05. The number of allylic oxidation sites excluding steroid dienone is 1. The molecule has 0 saturated heterocycles. The number of fused-ring (bicyclic) bond motifs is 2. The monoisotopic (exact) mass is 392 g/mol. The number of nitrogens with zero attached hydrogens (tertiary/aromatic N) is 3. The minimum atomic E-state index is -0.686. The first-order valence-corrected chi connectivity index (χ1v) is 9.05. The predicted molar refractivity (Wildman–Crippen MR) is 109 cm³/mol. The number of pyridine rings is 1. The number of carbonyl (C=O) groups excluding carboxylic acids is 1. The second-order valence-corrected chi connectivity index (χ2v) is 7.01. The fraction of sp³-hybridized carbons (Fsp3) is 0.238. The fourth-order valence-electron chi connectivity index (χ4n) is 3.88. The Morgan fingerprint density at radius 1 is 1.17 bits per heavy atom. The molecule has 8 heteroatoms. The first-order chi connectivity index (χ1) is 13.8. The zero-order valence-corrected chi connectivity index (χ0v) is 16.5. The van der Waals surface area contributed by atoms with Gasteiger partial charge in [0.15, 0.2) is 0 Å². The molecule has 1 aliphatic rings. The summed E-state index contributed by atoms with van der Waals surface area (Å²) in [6.45, 7) is 1.73. The highest BCUT2D eigenvalue weighted by atomic mass is 16.5. The number of hydrogen-bond acceptors (Lipinski definition) is 6. The van der Waals surface area contributed by atoms with Crippen LogP contribution in [0.2, 0.25) is 0 Å². The Bertz CT molecular complexity index is 1320. The molecular formula is C21H20N4O4. The fourth-order valence-corrected chi connectivity index (χ4v) is 3.88. The third kappa shape index (κ3) is 2.75. The van der Waals surface area contributed by atoms with Crippen molar-refractivity contribution in [2.24, 2.45) is 14.1 Å². The van der Waals surface area contributed by atoms with Crippen LogP contribution in [0.3, 0.4) is 0 Å². The van der Waals surface area contributed by atoms with Crippen LogP contribution in [0, 0.1) is 0 Å². The van der Waals surface area contributed by atoms with Crippen LogP contribution < -0.4 is 16.6 Å². The van der Waals surface area contributed by atoms with E-state index in [4.69, 9.17) is 4.74 Å². The minimum Gasteiger partial charge on any atom is -0.466 e. The molecule has 2 aromatic heterocycles. The summed E-state index contributed by atoms with van der Waals surface area (Å²) in [5, 5.41) is 3.94. The van der Waals surface area contributed by atoms with Gasteiger partial charge < -0.3 is 10.1 Å². The van der Waals surface area contributed by atoms with Crippen molar-refractivity contribution >= 4 is 22.7 Å². The lowest BCUT2D eigenvalue weighted by Crippen LogP contribution is -2.43. The smallest absolute Gasteiger partial charge is 0.336 e. The zero-order valence-electron chi connectivity index (χ0n) is 16.5. The highest BCUT2D eigenvalue weighted by Gasteiger charge is 2.37. The van der Waals surface area contributed by atoms with Crippen LogP contribution in [-0.4, -0.2) is 27.2 Å². The molecule has 1 aromatic carbocycles. The summed E-state index contributed by atoms with van der Waals surface area (Å²) in [7, 11) is 4.32. The van der Waals surface area contributed by atoms with E-state index in [1.54, 1.807) is 20.2 Å². The molecule has 0 amide bonds. The molecule has 1 aliphatic heterocycles. The molecule has 1 N–H and O–H groups in total. The van der Waals surface area contributed by atoms with Crippen LogP contribution in [0.15, 0.2) is 57.4 Å². The van der Waals surface area contributed by atoms with E-state index in [2.05, 4.69) is 10.3 Å². The highest BCUT2D eigenvalue weighted by Crippen LogP contribution is 2.40. The Kier molecular flexibility index (Phi) is 4.34. The molecule has 3 heterocycles. The standard InChI is InChI=1S/C21H20N4O4/c1-11-15(20(27)29-4)16(13-7-8-14-12(10-13)6-5-9-22-14)17-18(23-11)24(2)21(28)25(3)19(17)26/h5-10,16,23H,1-4H3. The van der Waals surface area contributed by atoms with E-state index in [1.807, 2.05) is 30.3 Å². The number of rotatable bonds is 2. The maximum atomic E-state index is 13.1. The topological polar surface area (TPSA) is 95.2 Å². The van der Waals surface area contributed by atoms with Gasteiger partial charge in [0.25, 0.3) is 5.56 Å². The average molecular weight is 392 g/mol. The molecule has 8 nitrogen and oxygen atoms in total. The van der Waals surface area contributed by atoms with Gasteiger partial charge in [-0.05, 0) is 30.7 Å². The minimum absolute atomic E-state index is 0.323. The number of benzene rings is 1. The van der Waals surface area contributed by atoms with Crippen molar-refractivity contribution in [1.82, 2.24) is 14.1 Å². The number of esters is 1. The summed E-state index contributed by atoms with van der Waals surface area (Å²) >= 11 is 0. The molecule has 0 spiro atoms. The Balaban J connectivity index is 2.09. The third-order valence-corrected chi connectivity index (χ3v) is 5.35. The van der Waals surface area contributed by atoms with E-state index in [0.717, 1.165) is 21.0 Å². The van der Waals surface area contributed by atoms with E-state index in [9.17, 15) is 14.4 Å². The van der Waals surface area contributed by atoms with Gasteiger partial charge >= 0.3 is 11.7 Å². The van der Waals surface area contributed by atoms with Crippen LogP contribution in [0.1, 0.15) is 24.0 Å². The summed E-state index contributed by atoms with van der Waals surface area (Å²) in [4.78, 5) is 42.5. The number of carbonyl (C=O) groups is 1. The summed E-state index contributed by atoms with van der Waals surface area (Å²) < 4.78 is 7.44. The molecular weight excluding hydrogens is 372 g/mol. The lowest BCUT2D eigenvalue weighted by molar-refractivity contribution is -0.136. The second kappa shape index (κ2) is 6.73. The van der Waals surface area contributed by atoms with Crippen molar-refractivity contribution in [2.75, 3.05) is 12.4 Å². The lowest BCUT2D eigenvalue weighted by Gasteiger charge is -2.30. The Hall–Kier alpha value is -3.68. The quantitative estimate of drug-likeness (QED) is 0.666. The van der Waals surface area contributed by atoms with Crippen molar-refractivity contribution in [3.8, 4) is 0 Å². The molecule has 3 aromatic rings. The third-order valence-electron chi connectivity index (χ3n) is 5.35. The van der Waals surface area contributed by atoms with E-state index < -0.39 is 23.1 Å². The number of aromatic nitrogens is 3. The van der Waals surface area contributed by atoms with Gasteiger partial charge in [-0.3, -0.25) is 18.9 Å². The average Bonchev–Trinajstić information content (AvgIpc) is 2.74. The van der Waals surface area contributed by atoms with Gasteiger partial charge in [0.1, 0.15) is 5.82 Å². The molecule has 1 unspecified atom stereocenters. The van der Waals surface area contributed by atoms with Crippen molar-refractivity contribution < 1.29 is 9.53 Å². The Morgan fingerprint density at radius 2 is 1.93 bits per heavy atom. The van der Waals surface area contributed by atoms with Crippen molar-refractivity contribution in [3.63, 3.8) is 0 Å². The molecule has 148 valence electrons. The summed E-state index contributed by atoms with van der Waals surface area (Å²) in [5.74, 6) is -0.846. The van der Waals surface area contributed by atoms with Crippen molar-refractivity contribution in [2.45, 2.75) is 12.8 Å². The molecule has 0 fully saturated rings. The van der Waals surface area contributed by atoms with E-state index in [0.29, 0.717) is 22.7 Å². The van der Waals surface area contributed by atoms with E-state index >= 15 is 0 Å². The normalized spacial score (nSPS) is 15.8. The van der Waals surface area contributed by atoms with E-state index in [1.165, 1.54) is 18.7 Å². The van der Waals surface area contributed by atoms with Crippen LogP contribution in [-0.2, 0) is 23.6 Å². The second-order valence-electron chi connectivity index (χ2n) is 7.01. The zero-order chi connectivity index (χ0) is 20.9. The number of anilines is 1. The molecule has 0 bridgehead atoms. The Morgan fingerprint density at radius 3 is 2.66 bits per heavy atom. The van der Waals surface area contributed by atoms with Crippen molar-refractivity contribution in [1.29, 1.82) is 0 Å². The summed E-state index contributed by atoms with van der Waals surface area (Å²) in [6.07, 6.45) is 1.71. The van der Waals surface area contributed by atoms with Crippen LogP contribution in [0.5, 0.6) is 0 Å². The van der Waals surface area contributed by atoms with Crippen molar-refractivity contribution in [3.05, 3.63) is 79.8 Å². The molecule has 0 radical (unpaired) electrons. The number of nitrogens with one attached hydrogen (secondary N) is 1. The Labute approximate surface area is 166 Å². The van der Waals surface area contributed by atoms with Gasteiger partial charge in [-0.2, -0.15) is 0 Å². The summed E-state index contributed by atoms with van der Waals surface area (Å²) in [5.41, 5.74) is 1.83. The van der Waals surface area contributed by atoms with Gasteiger partial charge in [0.2, 0.25) is 0 Å². The lowest BCUT2D eigenvalue weighted by atomic mass is 9.82. The van der Waals surface area contributed by atoms with Gasteiger partial charge in [0, 0.05) is 31.4 Å². The van der Waals surface area contributed by atoms with Gasteiger partial charge in [-0.1, -0.05) is 12.1 Å². The van der Waals surface area contributed by atoms with Crippen LogP contribution in [0.25, 0.3) is 10.9 Å². The molecule has 0 aliphatic carbocycles. The molecule has 0 saturated carbocycles. The maximum Gasteiger partial charge on any atom is 0.336 e. The maximum absolute atomic E-state index is 13.1. The largest absolute Gasteiger partial charge is 0.466 e. The summed E-state index contributed by atoms with van der Waals surface area (Å²) in [6, 6.07) is 9.34. The van der Waals surface area contributed by atoms with Gasteiger partial charge in [0.05, 0.1) is 29.7 Å². The van der Waals surface area contributed by atoms with Crippen LogP contribution in [0.4, 0.5) is 5.82 Å². The number of methoxy groups -OCH3 is 1. The van der Waals surface area contributed by atoms with E-state index in [-0.39, 0.29) is 0 Å². The van der Waals surface area contributed by atoms with Gasteiger partial charge in [-0.25, -0.2) is 9.59 Å². The molecule has 1 atom stereocenters. The molecule has 29 heavy (non-hydrogen) atoms. The first kappa shape index (κ1) is 18.7.